The highest BCUT2D eigenvalue weighted by Crippen LogP contribution is 2.28. The van der Waals surface area contributed by atoms with E-state index in [1.807, 2.05) is 18.2 Å². The first-order valence-corrected chi connectivity index (χ1v) is 7.77. The molecule has 3 heteroatoms. The van der Waals surface area contributed by atoms with Crippen LogP contribution in [0.15, 0.2) is 18.2 Å². The SMILES string of the molecule is CCCCCCCCCOc1c(Cl)cccc1CN. The summed E-state index contributed by atoms with van der Waals surface area (Å²) >= 11 is 6.12. The second kappa shape index (κ2) is 10.1. The molecule has 0 radical (unpaired) electrons. The van der Waals surface area contributed by atoms with Crippen molar-refractivity contribution in [2.45, 2.75) is 58.4 Å². The third kappa shape index (κ3) is 6.31. The molecule has 108 valence electrons. The molecule has 1 aromatic rings. The zero-order valence-corrected chi connectivity index (χ0v) is 12.7. The average molecular weight is 284 g/mol. The van der Waals surface area contributed by atoms with E-state index in [1.165, 1.54) is 38.5 Å². The topological polar surface area (TPSA) is 35.2 Å². The zero-order chi connectivity index (χ0) is 13.9. The van der Waals surface area contributed by atoms with E-state index in [2.05, 4.69) is 6.92 Å². The Labute approximate surface area is 122 Å². The molecular weight excluding hydrogens is 258 g/mol. The largest absolute Gasteiger partial charge is 0.492 e. The molecule has 0 amide bonds. The van der Waals surface area contributed by atoms with Crippen LogP contribution < -0.4 is 10.5 Å². The molecule has 0 fully saturated rings. The highest BCUT2D eigenvalue weighted by atomic mass is 35.5. The van der Waals surface area contributed by atoms with Crippen LogP contribution in [0.3, 0.4) is 0 Å². The van der Waals surface area contributed by atoms with Gasteiger partial charge in [-0.3, -0.25) is 0 Å². The number of nitrogens with two attached hydrogens (primary N) is 1. The summed E-state index contributed by atoms with van der Waals surface area (Å²) in [5.41, 5.74) is 6.66. The average Bonchev–Trinajstić information content (AvgIpc) is 2.43. The Morgan fingerprint density at radius 1 is 1.05 bits per heavy atom. The van der Waals surface area contributed by atoms with E-state index in [1.54, 1.807) is 0 Å². The third-order valence-corrected chi connectivity index (χ3v) is 3.56. The highest BCUT2D eigenvalue weighted by Gasteiger charge is 2.06. The quantitative estimate of drug-likeness (QED) is 0.618. The molecule has 2 nitrogen and oxygen atoms in total. The lowest BCUT2D eigenvalue weighted by Gasteiger charge is -2.11. The predicted octanol–water partition coefficient (Wildman–Crippen LogP) is 4.93. The van der Waals surface area contributed by atoms with Gasteiger partial charge in [0.2, 0.25) is 0 Å². The van der Waals surface area contributed by atoms with Gasteiger partial charge < -0.3 is 10.5 Å². The fraction of sp³-hybridized carbons (Fsp3) is 0.625. The van der Waals surface area contributed by atoms with Crippen LogP contribution in [-0.4, -0.2) is 6.61 Å². The fourth-order valence-electron chi connectivity index (χ4n) is 2.11. The normalized spacial score (nSPS) is 10.7. The number of halogens is 1. The van der Waals surface area contributed by atoms with Crippen LogP contribution in [0.4, 0.5) is 0 Å². The predicted molar refractivity (Wildman–Crippen MR) is 82.8 cm³/mol. The van der Waals surface area contributed by atoms with E-state index in [0.717, 1.165) is 24.3 Å². The van der Waals surface area contributed by atoms with Gasteiger partial charge in [0, 0.05) is 12.1 Å². The van der Waals surface area contributed by atoms with Crippen LogP contribution in [0.5, 0.6) is 5.75 Å². The molecule has 0 aromatic heterocycles. The van der Waals surface area contributed by atoms with E-state index in [4.69, 9.17) is 22.1 Å². The summed E-state index contributed by atoms with van der Waals surface area (Å²) in [4.78, 5) is 0. The van der Waals surface area contributed by atoms with Gasteiger partial charge in [0.25, 0.3) is 0 Å². The number of benzene rings is 1. The molecule has 0 aliphatic heterocycles. The molecule has 0 aliphatic carbocycles. The number of rotatable bonds is 10. The van der Waals surface area contributed by atoms with Gasteiger partial charge in [-0.2, -0.15) is 0 Å². The standard InChI is InChI=1S/C16H26ClNO/c1-2-3-4-5-6-7-8-12-19-16-14(13-18)10-9-11-15(16)17/h9-11H,2-8,12-13,18H2,1H3. The summed E-state index contributed by atoms with van der Waals surface area (Å²) in [6.45, 7) is 3.43. The molecule has 0 atom stereocenters. The first-order chi connectivity index (χ1) is 9.29. The highest BCUT2D eigenvalue weighted by molar-refractivity contribution is 6.32. The number of hydrogen-bond acceptors (Lipinski definition) is 2. The van der Waals surface area contributed by atoms with Crippen molar-refractivity contribution in [2.75, 3.05) is 6.61 Å². The van der Waals surface area contributed by atoms with Gasteiger partial charge in [0.15, 0.2) is 0 Å². The lowest BCUT2D eigenvalue weighted by molar-refractivity contribution is 0.301. The zero-order valence-electron chi connectivity index (χ0n) is 12.0. The number of unbranched alkanes of at least 4 members (excludes halogenated alkanes) is 6. The minimum Gasteiger partial charge on any atom is -0.492 e. The third-order valence-electron chi connectivity index (χ3n) is 3.26. The van der Waals surface area contributed by atoms with Crippen LogP contribution in [-0.2, 0) is 6.54 Å². The second-order valence-corrected chi connectivity index (χ2v) is 5.31. The number of hydrogen-bond donors (Lipinski definition) is 1. The lowest BCUT2D eigenvalue weighted by atomic mass is 10.1. The van der Waals surface area contributed by atoms with Crippen molar-refractivity contribution in [3.63, 3.8) is 0 Å². The minimum absolute atomic E-state index is 0.465. The molecule has 0 spiro atoms. The first-order valence-electron chi connectivity index (χ1n) is 7.39. The molecule has 0 saturated heterocycles. The van der Waals surface area contributed by atoms with E-state index >= 15 is 0 Å². The second-order valence-electron chi connectivity index (χ2n) is 4.90. The molecular formula is C16H26ClNO. The maximum Gasteiger partial charge on any atom is 0.142 e. The van der Waals surface area contributed by atoms with E-state index < -0.39 is 0 Å². The molecule has 0 saturated carbocycles. The Balaban J connectivity index is 2.19. The van der Waals surface area contributed by atoms with Gasteiger partial charge in [-0.25, -0.2) is 0 Å². The van der Waals surface area contributed by atoms with Crippen molar-refractivity contribution in [1.29, 1.82) is 0 Å². The summed E-state index contributed by atoms with van der Waals surface area (Å²) < 4.78 is 5.77. The van der Waals surface area contributed by atoms with Crippen LogP contribution in [0.2, 0.25) is 5.02 Å². The fourth-order valence-corrected chi connectivity index (χ4v) is 2.36. The van der Waals surface area contributed by atoms with Gasteiger partial charge >= 0.3 is 0 Å². The van der Waals surface area contributed by atoms with Crippen molar-refractivity contribution < 1.29 is 4.74 Å². The Bertz CT molecular complexity index is 355. The molecule has 1 rings (SSSR count). The minimum atomic E-state index is 0.465. The van der Waals surface area contributed by atoms with Crippen molar-refractivity contribution in [3.05, 3.63) is 28.8 Å². The van der Waals surface area contributed by atoms with Gasteiger partial charge in [0.1, 0.15) is 5.75 Å². The Kier molecular flexibility index (Phi) is 8.68. The molecule has 2 N–H and O–H groups in total. The van der Waals surface area contributed by atoms with Gasteiger partial charge in [0.05, 0.1) is 11.6 Å². The van der Waals surface area contributed by atoms with Gasteiger partial charge in [-0.1, -0.05) is 69.2 Å². The van der Waals surface area contributed by atoms with Crippen LogP contribution in [0.1, 0.15) is 57.4 Å². The van der Waals surface area contributed by atoms with Crippen molar-refractivity contribution in [3.8, 4) is 5.75 Å². The van der Waals surface area contributed by atoms with Crippen LogP contribution >= 0.6 is 11.6 Å². The van der Waals surface area contributed by atoms with Gasteiger partial charge in [-0.05, 0) is 12.5 Å². The number of ether oxygens (including phenoxy) is 1. The van der Waals surface area contributed by atoms with Crippen molar-refractivity contribution >= 4 is 11.6 Å². The number of para-hydroxylation sites is 1. The summed E-state index contributed by atoms with van der Waals surface area (Å²) in [7, 11) is 0. The Hall–Kier alpha value is -0.730. The summed E-state index contributed by atoms with van der Waals surface area (Å²) in [6.07, 6.45) is 8.98. The maximum absolute atomic E-state index is 6.12. The summed E-state index contributed by atoms with van der Waals surface area (Å²) in [5.74, 6) is 0.762. The Morgan fingerprint density at radius 2 is 1.74 bits per heavy atom. The van der Waals surface area contributed by atoms with Crippen molar-refractivity contribution in [2.24, 2.45) is 5.73 Å². The maximum atomic E-state index is 6.12. The monoisotopic (exact) mass is 283 g/mol. The molecule has 0 heterocycles. The smallest absolute Gasteiger partial charge is 0.142 e. The van der Waals surface area contributed by atoms with E-state index in [0.29, 0.717) is 11.6 Å². The molecule has 19 heavy (non-hydrogen) atoms. The summed E-state index contributed by atoms with van der Waals surface area (Å²) in [5, 5.41) is 0.658. The van der Waals surface area contributed by atoms with Crippen LogP contribution in [0.25, 0.3) is 0 Å². The van der Waals surface area contributed by atoms with E-state index in [-0.39, 0.29) is 0 Å². The molecule has 0 aliphatic rings. The lowest BCUT2D eigenvalue weighted by Crippen LogP contribution is -2.04. The Morgan fingerprint density at radius 3 is 2.42 bits per heavy atom. The molecule has 0 unspecified atom stereocenters. The molecule has 0 bridgehead atoms. The van der Waals surface area contributed by atoms with Crippen LogP contribution in [0, 0.1) is 0 Å². The molecule has 1 aromatic carbocycles. The van der Waals surface area contributed by atoms with E-state index in [9.17, 15) is 0 Å². The van der Waals surface area contributed by atoms with Gasteiger partial charge in [-0.15, -0.1) is 0 Å². The van der Waals surface area contributed by atoms with Crippen molar-refractivity contribution in [1.82, 2.24) is 0 Å². The summed E-state index contributed by atoms with van der Waals surface area (Å²) in [6, 6.07) is 5.72. The first kappa shape index (κ1) is 16.3.